The maximum absolute atomic E-state index is 5.51. The third kappa shape index (κ3) is 9.60. The van der Waals surface area contributed by atoms with Gasteiger partial charge in [0.05, 0.1) is 0 Å². The quantitative estimate of drug-likeness (QED) is 0.121. The molecule has 0 aliphatic heterocycles. The molecule has 1 aromatic heterocycles. The first-order valence-corrected chi connectivity index (χ1v) is 28.6. The van der Waals surface area contributed by atoms with Crippen LogP contribution in [-0.2, 0) is 0 Å². The van der Waals surface area contributed by atoms with Gasteiger partial charge in [-0.15, -0.1) is 0 Å². The standard InChI is InChI=1S/C81H53N3/c1-5-23-54(24-6-1)63-47-64(55-25-7-2-8-26-55)50-67(49-63)58-31-21-33-61(45-58)79-82-80(62-34-22-32-59(46-62)68-51-65(56-27-9-3-10-28-56)48-66(52-68)57-29-11-4-12-30-57)84-81(83-79)77-42-20-19-40-74(77)70-36-14-13-35-69(70)60-43-44-76-73-39-16-15-37-71(73)72-38-17-18-41-75(72)78(76)53-60/h1-53H. The van der Waals surface area contributed by atoms with Gasteiger partial charge in [-0.25, -0.2) is 15.0 Å². The first kappa shape index (κ1) is 49.9. The van der Waals surface area contributed by atoms with E-state index < -0.39 is 0 Å². The van der Waals surface area contributed by atoms with Gasteiger partial charge in [0.15, 0.2) is 17.5 Å². The normalized spacial score (nSPS) is 11.3. The fraction of sp³-hybridized carbons (Fsp3) is 0. The summed E-state index contributed by atoms with van der Waals surface area (Å²) in [4.78, 5) is 16.5. The summed E-state index contributed by atoms with van der Waals surface area (Å²) in [7, 11) is 0. The van der Waals surface area contributed by atoms with E-state index >= 15 is 0 Å². The van der Waals surface area contributed by atoms with Gasteiger partial charge in [-0.2, -0.15) is 0 Å². The Labute approximate surface area is 489 Å². The Morgan fingerprint density at radius 3 is 0.821 bits per heavy atom. The molecule has 0 atom stereocenters. The number of hydrogen-bond donors (Lipinski definition) is 0. The molecule has 3 nitrogen and oxygen atoms in total. The summed E-state index contributed by atoms with van der Waals surface area (Å²) in [5, 5.41) is 7.48. The Balaban J connectivity index is 0.902. The number of hydrogen-bond acceptors (Lipinski definition) is 3. The lowest BCUT2D eigenvalue weighted by atomic mass is 9.88. The molecule has 84 heavy (non-hydrogen) atoms. The van der Waals surface area contributed by atoms with Crippen LogP contribution >= 0.6 is 0 Å². The molecular formula is C81H53N3. The zero-order chi connectivity index (χ0) is 55.8. The summed E-state index contributed by atoms with van der Waals surface area (Å²) < 4.78 is 0. The van der Waals surface area contributed by atoms with Crippen molar-refractivity contribution in [2.45, 2.75) is 0 Å². The minimum atomic E-state index is 0.582. The van der Waals surface area contributed by atoms with E-state index in [0.717, 1.165) is 106 Å². The molecule has 0 spiro atoms. The Hall–Kier alpha value is -11.1. The van der Waals surface area contributed by atoms with Gasteiger partial charge < -0.3 is 0 Å². The number of rotatable bonds is 11. The SMILES string of the molecule is c1ccc(-c2cc(-c3ccccc3)cc(-c3cccc(-c4nc(-c5cccc(-c6cc(-c7ccccc7)cc(-c7ccccc7)c6)c5)nc(-c5ccccc5-c5ccccc5-c5ccc6c7ccccc7c7ccccc7c6c5)n4)c3)c2)cc1. The predicted molar refractivity (Wildman–Crippen MR) is 352 cm³/mol. The van der Waals surface area contributed by atoms with E-state index in [1.54, 1.807) is 0 Å². The zero-order valence-electron chi connectivity index (χ0n) is 45.9. The summed E-state index contributed by atoms with van der Waals surface area (Å²) in [5.74, 6) is 1.75. The molecule has 15 rings (SSSR count). The number of aromatic nitrogens is 3. The lowest BCUT2D eigenvalue weighted by Gasteiger charge is -2.17. The molecule has 0 bridgehead atoms. The van der Waals surface area contributed by atoms with Crippen LogP contribution in [0.15, 0.2) is 322 Å². The number of benzene rings is 14. The van der Waals surface area contributed by atoms with Crippen LogP contribution in [-0.4, -0.2) is 15.0 Å². The topological polar surface area (TPSA) is 38.7 Å². The summed E-state index contributed by atoms with van der Waals surface area (Å²) in [6.45, 7) is 0. The summed E-state index contributed by atoms with van der Waals surface area (Å²) in [6.07, 6.45) is 0. The highest BCUT2D eigenvalue weighted by Gasteiger charge is 2.20. The van der Waals surface area contributed by atoms with Crippen LogP contribution < -0.4 is 0 Å². The molecule has 0 aliphatic carbocycles. The van der Waals surface area contributed by atoms with E-state index in [1.807, 2.05) is 0 Å². The van der Waals surface area contributed by atoms with Crippen molar-refractivity contribution in [3.05, 3.63) is 322 Å². The van der Waals surface area contributed by atoms with Gasteiger partial charge in [0.25, 0.3) is 0 Å². The molecule has 0 aliphatic rings. The highest BCUT2D eigenvalue weighted by Crippen LogP contribution is 2.43. The van der Waals surface area contributed by atoms with Crippen LogP contribution in [0.2, 0.25) is 0 Å². The largest absolute Gasteiger partial charge is 0.208 e. The zero-order valence-corrected chi connectivity index (χ0v) is 45.9. The predicted octanol–water partition coefficient (Wildman–Crippen LogP) is 21.7. The van der Waals surface area contributed by atoms with Crippen molar-refractivity contribution in [2.75, 3.05) is 0 Å². The Morgan fingerprint density at radius 2 is 0.405 bits per heavy atom. The van der Waals surface area contributed by atoms with Crippen LogP contribution in [0.3, 0.4) is 0 Å². The second-order valence-electron chi connectivity index (χ2n) is 21.5. The summed E-state index contributed by atoms with van der Waals surface area (Å²) in [6, 6.07) is 115. The van der Waals surface area contributed by atoms with Gasteiger partial charge in [0.1, 0.15) is 0 Å². The average molecular weight is 1070 g/mol. The van der Waals surface area contributed by atoms with Gasteiger partial charge in [-0.05, 0) is 176 Å². The van der Waals surface area contributed by atoms with Gasteiger partial charge in [-0.1, -0.05) is 267 Å². The van der Waals surface area contributed by atoms with E-state index in [9.17, 15) is 0 Å². The van der Waals surface area contributed by atoms with Gasteiger partial charge >= 0.3 is 0 Å². The second kappa shape index (κ2) is 21.7. The van der Waals surface area contributed by atoms with Crippen LogP contribution in [0.25, 0.3) is 155 Å². The van der Waals surface area contributed by atoms with E-state index in [2.05, 4.69) is 322 Å². The summed E-state index contributed by atoms with van der Waals surface area (Å²) in [5.41, 5.74) is 20.6. The van der Waals surface area contributed by atoms with E-state index in [0.29, 0.717) is 17.5 Å². The highest BCUT2D eigenvalue weighted by atomic mass is 15.0. The van der Waals surface area contributed by atoms with Gasteiger partial charge in [0.2, 0.25) is 0 Å². The first-order valence-electron chi connectivity index (χ1n) is 28.6. The average Bonchev–Trinajstić information content (AvgIpc) is 3.28. The Bertz CT molecular complexity index is 4600. The van der Waals surface area contributed by atoms with Crippen LogP contribution in [0.1, 0.15) is 0 Å². The molecule has 3 heteroatoms. The first-order chi connectivity index (χ1) is 41.6. The lowest BCUT2D eigenvalue weighted by Crippen LogP contribution is -2.01. The highest BCUT2D eigenvalue weighted by molar-refractivity contribution is 6.26. The minimum absolute atomic E-state index is 0.582. The molecule has 1 heterocycles. The molecule has 0 N–H and O–H groups in total. The third-order valence-corrected chi connectivity index (χ3v) is 16.3. The summed E-state index contributed by atoms with van der Waals surface area (Å²) >= 11 is 0. The second-order valence-corrected chi connectivity index (χ2v) is 21.5. The Morgan fingerprint density at radius 1 is 0.131 bits per heavy atom. The molecular weight excluding hydrogens is 1010 g/mol. The Kier molecular flexibility index (Phi) is 12.9. The fourth-order valence-corrected chi connectivity index (χ4v) is 12.2. The monoisotopic (exact) mass is 1070 g/mol. The van der Waals surface area contributed by atoms with Gasteiger partial charge in [-0.3, -0.25) is 0 Å². The van der Waals surface area contributed by atoms with Crippen molar-refractivity contribution < 1.29 is 0 Å². The van der Waals surface area contributed by atoms with Crippen LogP contribution in [0.5, 0.6) is 0 Å². The number of nitrogens with zero attached hydrogens (tertiary/aromatic N) is 3. The van der Waals surface area contributed by atoms with Crippen molar-refractivity contribution in [3.63, 3.8) is 0 Å². The maximum atomic E-state index is 5.51. The van der Waals surface area contributed by atoms with Crippen molar-refractivity contribution in [3.8, 4) is 123 Å². The minimum Gasteiger partial charge on any atom is -0.208 e. The van der Waals surface area contributed by atoms with E-state index in [4.69, 9.17) is 15.0 Å². The van der Waals surface area contributed by atoms with Crippen LogP contribution in [0, 0.1) is 0 Å². The molecule has 0 unspecified atom stereocenters. The third-order valence-electron chi connectivity index (χ3n) is 16.3. The van der Waals surface area contributed by atoms with Crippen LogP contribution in [0.4, 0.5) is 0 Å². The molecule has 15 aromatic rings. The van der Waals surface area contributed by atoms with Crippen molar-refractivity contribution in [1.29, 1.82) is 0 Å². The van der Waals surface area contributed by atoms with Crippen molar-refractivity contribution >= 4 is 32.3 Å². The number of fused-ring (bicyclic) bond motifs is 6. The van der Waals surface area contributed by atoms with Gasteiger partial charge in [0, 0.05) is 16.7 Å². The molecule has 14 aromatic carbocycles. The smallest absolute Gasteiger partial charge is 0.164 e. The van der Waals surface area contributed by atoms with Crippen molar-refractivity contribution in [2.24, 2.45) is 0 Å². The van der Waals surface area contributed by atoms with E-state index in [-0.39, 0.29) is 0 Å². The molecule has 392 valence electrons. The fourth-order valence-electron chi connectivity index (χ4n) is 12.2. The van der Waals surface area contributed by atoms with Crippen molar-refractivity contribution in [1.82, 2.24) is 15.0 Å². The maximum Gasteiger partial charge on any atom is 0.164 e. The molecule has 0 fully saturated rings. The molecule has 0 amide bonds. The lowest BCUT2D eigenvalue weighted by molar-refractivity contribution is 1.07. The molecule has 0 radical (unpaired) electrons. The van der Waals surface area contributed by atoms with E-state index in [1.165, 1.54) is 32.3 Å². The molecule has 0 saturated heterocycles. The molecule has 0 saturated carbocycles.